The van der Waals surface area contributed by atoms with E-state index in [1.54, 1.807) is 19.5 Å². The van der Waals surface area contributed by atoms with E-state index in [0.29, 0.717) is 19.0 Å². The summed E-state index contributed by atoms with van der Waals surface area (Å²) in [6.07, 6.45) is 4.60. The highest BCUT2D eigenvalue weighted by atomic mass is 16.5. The molecule has 6 nitrogen and oxygen atoms in total. The van der Waals surface area contributed by atoms with Gasteiger partial charge in [-0.05, 0) is 24.1 Å². The summed E-state index contributed by atoms with van der Waals surface area (Å²) in [6.45, 7) is 4.09. The highest BCUT2D eigenvalue weighted by Gasteiger charge is 2.04. The number of hydrogen-bond donors (Lipinski definition) is 2. The van der Waals surface area contributed by atoms with Crippen LogP contribution < -0.4 is 10.6 Å². The zero-order chi connectivity index (χ0) is 14.9. The molecule has 21 heavy (non-hydrogen) atoms. The average Bonchev–Trinajstić information content (AvgIpc) is 2.52. The Bertz CT molecular complexity index is 547. The van der Waals surface area contributed by atoms with Gasteiger partial charge in [0.15, 0.2) is 5.82 Å². The largest absolute Gasteiger partial charge is 0.377 e. The van der Waals surface area contributed by atoms with E-state index >= 15 is 0 Å². The fourth-order valence-corrected chi connectivity index (χ4v) is 1.82. The minimum absolute atomic E-state index is 0.394. The van der Waals surface area contributed by atoms with Crippen LogP contribution in [0.1, 0.15) is 24.7 Å². The van der Waals surface area contributed by atoms with Crippen LogP contribution in [0, 0.1) is 0 Å². The predicted molar refractivity (Wildman–Crippen MR) is 83.1 cm³/mol. The third-order valence-electron chi connectivity index (χ3n) is 2.82. The summed E-state index contributed by atoms with van der Waals surface area (Å²) in [7, 11) is 1.64. The van der Waals surface area contributed by atoms with Crippen LogP contribution in [0.15, 0.2) is 30.6 Å². The van der Waals surface area contributed by atoms with Crippen LogP contribution in [0.2, 0.25) is 0 Å². The van der Waals surface area contributed by atoms with E-state index in [1.165, 1.54) is 0 Å². The normalized spacial score (nSPS) is 10.4. The quantitative estimate of drug-likeness (QED) is 0.777. The summed E-state index contributed by atoms with van der Waals surface area (Å²) in [5, 5.41) is 6.58. The van der Waals surface area contributed by atoms with E-state index in [1.807, 2.05) is 18.2 Å². The van der Waals surface area contributed by atoms with Gasteiger partial charge >= 0.3 is 0 Å². The Morgan fingerprint density at radius 1 is 1.10 bits per heavy atom. The van der Waals surface area contributed by atoms with Gasteiger partial charge in [0.05, 0.1) is 0 Å². The van der Waals surface area contributed by atoms with Crippen molar-refractivity contribution in [3.8, 4) is 0 Å². The van der Waals surface area contributed by atoms with Crippen molar-refractivity contribution < 1.29 is 4.74 Å². The first-order valence-corrected chi connectivity index (χ1v) is 7.05. The maximum atomic E-state index is 5.12. The molecule has 2 rings (SSSR count). The molecule has 0 aliphatic carbocycles. The standard InChI is InChI=1S/C15H21N5O/c1-3-6-17-13-9-14(20-15(19-13)11-21-2)18-10-12-4-7-16-8-5-12/h4-5,7-9H,3,6,10-11H2,1-2H3,(H2,17,18,19,20). The number of methoxy groups -OCH3 is 1. The number of anilines is 2. The molecular formula is C15H21N5O. The van der Waals surface area contributed by atoms with Crippen LogP contribution in [0.4, 0.5) is 11.6 Å². The number of nitrogens with one attached hydrogen (secondary N) is 2. The fourth-order valence-electron chi connectivity index (χ4n) is 1.82. The summed E-state index contributed by atoms with van der Waals surface area (Å²) in [4.78, 5) is 12.9. The van der Waals surface area contributed by atoms with Crippen LogP contribution >= 0.6 is 0 Å². The molecular weight excluding hydrogens is 266 g/mol. The minimum atomic E-state index is 0.394. The lowest BCUT2D eigenvalue weighted by Crippen LogP contribution is -2.09. The topological polar surface area (TPSA) is 72.0 Å². The summed E-state index contributed by atoms with van der Waals surface area (Å²) in [6, 6.07) is 5.86. The molecule has 2 N–H and O–H groups in total. The van der Waals surface area contributed by atoms with E-state index in [9.17, 15) is 0 Å². The van der Waals surface area contributed by atoms with Crippen LogP contribution in [-0.2, 0) is 17.9 Å². The van der Waals surface area contributed by atoms with Crippen LogP contribution in [0.5, 0.6) is 0 Å². The summed E-state index contributed by atoms with van der Waals surface area (Å²) in [5.41, 5.74) is 1.15. The zero-order valence-electron chi connectivity index (χ0n) is 12.5. The molecule has 0 atom stereocenters. The van der Waals surface area contributed by atoms with Crippen LogP contribution in [0.25, 0.3) is 0 Å². The van der Waals surface area contributed by atoms with Gasteiger partial charge in [-0.3, -0.25) is 4.98 Å². The summed E-state index contributed by atoms with van der Waals surface area (Å²) in [5.74, 6) is 2.26. The van der Waals surface area contributed by atoms with E-state index in [0.717, 1.165) is 30.2 Å². The molecule has 0 amide bonds. The lowest BCUT2D eigenvalue weighted by molar-refractivity contribution is 0.178. The monoisotopic (exact) mass is 287 g/mol. The summed E-state index contributed by atoms with van der Waals surface area (Å²) < 4.78 is 5.12. The Balaban J connectivity index is 2.07. The van der Waals surface area contributed by atoms with Crippen LogP contribution in [0.3, 0.4) is 0 Å². The molecule has 0 aliphatic heterocycles. The molecule has 0 aliphatic rings. The highest BCUT2D eigenvalue weighted by molar-refractivity contribution is 5.47. The van der Waals surface area contributed by atoms with Gasteiger partial charge in [-0.25, -0.2) is 9.97 Å². The molecule has 2 aromatic heterocycles. The Labute approximate surface area is 125 Å². The van der Waals surface area contributed by atoms with Crippen molar-refractivity contribution >= 4 is 11.6 Å². The lowest BCUT2D eigenvalue weighted by atomic mass is 10.3. The van der Waals surface area contributed by atoms with Gasteiger partial charge in [-0.2, -0.15) is 0 Å². The highest BCUT2D eigenvalue weighted by Crippen LogP contribution is 2.13. The van der Waals surface area contributed by atoms with Gasteiger partial charge in [0.2, 0.25) is 0 Å². The second-order valence-electron chi connectivity index (χ2n) is 4.62. The van der Waals surface area contributed by atoms with E-state index in [4.69, 9.17) is 4.74 Å². The van der Waals surface area contributed by atoms with Gasteiger partial charge in [0.25, 0.3) is 0 Å². The number of aromatic nitrogens is 3. The van der Waals surface area contributed by atoms with E-state index in [2.05, 4.69) is 32.5 Å². The van der Waals surface area contributed by atoms with Crippen molar-refractivity contribution in [2.75, 3.05) is 24.3 Å². The molecule has 0 unspecified atom stereocenters. The zero-order valence-corrected chi connectivity index (χ0v) is 12.5. The Morgan fingerprint density at radius 2 is 1.81 bits per heavy atom. The molecule has 0 bridgehead atoms. The predicted octanol–water partition coefficient (Wildman–Crippen LogP) is 2.45. The van der Waals surface area contributed by atoms with Crippen molar-refractivity contribution in [2.45, 2.75) is 26.5 Å². The second kappa shape index (κ2) is 8.16. The first-order valence-electron chi connectivity index (χ1n) is 7.05. The first kappa shape index (κ1) is 15.2. The molecule has 0 saturated heterocycles. The Hall–Kier alpha value is -2.21. The first-order chi connectivity index (χ1) is 10.3. The molecule has 2 aromatic rings. The average molecular weight is 287 g/mol. The molecule has 2 heterocycles. The number of nitrogens with zero attached hydrogens (tertiary/aromatic N) is 3. The minimum Gasteiger partial charge on any atom is -0.377 e. The van der Waals surface area contributed by atoms with Crippen LogP contribution in [-0.4, -0.2) is 28.6 Å². The summed E-state index contributed by atoms with van der Waals surface area (Å²) >= 11 is 0. The smallest absolute Gasteiger partial charge is 0.158 e. The van der Waals surface area contributed by atoms with Gasteiger partial charge in [-0.1, -0.05) is 6.92 Å². The molecule has 0 aromatic carbocycles. The molecule has 6 heteroatoms. The third-order valence-corrected chi connectivity index (χ3v) is 2.82. The number of rotatable bonds is 8. The molecule has 0 saturated carbocycles. The maximum absolute atomic E-state index is 5.12. The lowest BCUT2D eigenvalue weighted by Gasteiger charge is -2.11. The third kappa shape index (κ3) is 5.00. The van der Waals surface area contributed by atoms with E-state index < -0.39 is 0 Å². The van der Waals surface area contributed by atoms with Crippen molar-refractivity contribution in [2.24, 2.45) is 0 Å². The SMILES string of the molecule is CCCNc1cc(NCc2ccncc2)nc(COC)n1. The van der Waals surface area contributed by atoms with Gasteiger partial charge in [-0.15, -0.1) is 0 Å². The maximum Gasteiger partial charge on any atom is 0.158 e. The fraction of sp³-hybridized carbons (Fsp3) is 0.400. The van der Waals surface area contributed by atoms with Crippen molar-refractivity contribution in [3.63, 3.8) is 0 Å². The molecule has 0 radical (unpaired) electrons. The van der Waals surface area contributed by atoms with Gasteiger partial charge in [0.1, 0.15) is 18.2 Å². The Morgan fingerprint density at radius 3 is 2.48 bits per heavy atom. The number of ether oxygens (including phenoxy) is 1. The van der Waals surface area contributed by atoms with Crippen molar-refractivity contribution in [1.82, 2.24) is 15.0 Å². The van der Waals surface area contributed by atoms with E-state index in [-0.39, 0.29) is 0 Å². The molecule has 112 valence electrons. The molecule has 0 fully saturated rings. The van der Waals surface area contributed by atoms with Crippen molar-refractivity contribution in [1.29, 1.82) is 0 Å². The van der Waals surface area contributed by atoms with Crippen molar-refractivity contribution in [3.05, 3.63) is 42.0 Å². The van der Waals surface area contributed by atoms with Gasteiger partial charge in [0, 0.05) is 38.7 Å². The van der Waals surface area contributed by atoms with Gasteiger partial charge < -0.3 is 15.4 Å². The Kier molecular flexibility index (Phi) is 5.90. The number of hydrogen-bond acceptors (Lipinski definition) is 6. The molecule has 0 spiro atoms. The second-order valence-corrected chi connectivity index (χ2v) is 4.62. The number of pyridine rings is 1.